The molecule has 4 rings (SSSR count). The van der Waals surface area contributed by atoms with Crippen molar-refractivity contribution in [2.24, 2.45) is 5.73 Å². The molecule has 2 amide bonds. The average Bonchev–Trinajstić information content (AvgIpc) is 3.36. The molecule has 0 unspecified atom stereocenters. The zero-order valence-corrected chi connectivity index (χ0v) is 18.7. The zero-order valence-electron chi connectivity index (χ0n) is 18.7. The number of ether oxygens (including phenoxy) is 2. The monoisotopic (exact) mass is 507 g/mol. The van der Waals surface area contributed by atoms with Crippen LogP contribution >= 0.6 is 0 Å². The predicted octanol–water partition coefficient (Wildman–Crippen LogP) is 3.03. The lowest BCUT2D eigenvalue weighted by molar-refractivity contribution is -0.274. The van der Waals surface area contributed by atoms with Crippen molar-refractivity contribution in [2.45, 2.75) is 31.5 Å². The van der Waals surface area contributed by atoms with E-state index >= 15 is 0 Å². The quantitative estimate of drug-likeness (QED) is 0.474. The number of amides is 2. The molecule has 1 saturated heterocycles. The van der Waals surface area contributed by atoms with Crippen LogP contribution in [0.3, 0.4) is 0 Å². The summed E-state index contributed by atoms with van der Waals surface area (Å²) < 4.78 is 61.2. The first-order chi connectivity index (χ1) is 17.1. The highest BCUT2D eigenvalue weighted by Gasteiger charge is 2.34. The maximum Gasteiger partial charge on any atom is 0.573 e. The molecule has 3 aromatic rings. The Morgan fingerprint density at radius 2 is 1.92 bits per heavy atom. The molecule has 1 aromatic carbocycles. The Labute approximate surface area is 202 Å². The molecule has 36 heavy (non-hydrogen) atoms. The van der Waals surface area contributed by atoms with Crippen molar-refractivity contribution in [1.82, 2.24) is 20.1 Å². The normalized spacial score (nSPS) is 18.1. The van der Waals surface area contributed by atoms with Gasteiger partial charge in [0, 0.05) is 36.5 Å². The number of primary amides is 1. The third-order valence-corrected chi connectivity index (χ3v) is 5.56. The SMILES string of the molecule is NC(=O)c1cc(-c2cn[nH]c2)cnc1O[C@@H]1CCN(C(=O)Cc2ccc(OC(F)(F)F)cc2)C[C@@H]1F. The molecule has 3 heterocycles. The Morgan fingerprint density at radius 3 is 2.53 bits per heavy atom. The Balaban J connectivity index is 1.36. The predicted molar refractivity (Wildman–Crippen MR) is 118 cm³/mol. The van der Waals surface area contributed by atoms with Crippen LogP contribution in [0.15, 0.2) is 48.9 Å². The number of rotatable bonds is 7. The standard InChI is InChI=1S/C23H21F4N5O4/c24-18-12-32(20(33)7-13-1-3-16(4-2-13)36-23(25,26)27)6-5-19(18)35-22-17(21(28)34)8-14(9-29-22)15-10-30-31-11-15/h1-4,8-11,18-19H,5-7,12H2,(H2,28,34)(H,30,31)/t18-,19+/m0/s1. The fourth-order valence-corrected chi connectivity index (χ4v) is 3.77. The van der Waals surface area contributed by atoms with Gasteiger partial charge in [-0.05, 0) is 23.8 Å². The molecule has 2 aromatic heterocycles. The minimum absolute atomic E-state index is 0.0163. The number of benzene rings is 1. The summed E-state index contributed by atoms with van der Waals surface area (Å²) in [5.74, 6) is -1.69. The maximum atomic E-state index is 14.9. The van der Waals surface area contributed by atoms with Crippen molar-refractivity contribution in [3.63, 3.8) is 0 Å². The molecule has 0 aliphatic carbocycles. The number of nitrogens with zero attached hydrogens (tertiary/aromatic N) is 3. The number of halogens is 4. The van der Waals surface area contributed by atoms with Crippen LogP contribution in [0.25, 0.3) is 11.1 Å². The number of nitrogens with one attached hydrogen (secondary N) is 1. The zero-order chi connectivity index (χ0) is 25.9. The molecule has 0 saturated carbocycles. The van der Waals surface area contributed by atoms with E-state index in [1.807, 2.05) is 0 Å². The number of aromatic nitrogens is 3. The Morgan fingerprint density at radius 1 is 1.17 bits per heavy atom. The van der Waals surface area contributed by atoms with Gasteiger partial charge in [0.25, 0.3) is 5.91 Å². The highest BCUT2D eigenvalue weighted by molar-refractivity contribution is 5.96. The fourth-order valence-electron chi connectivity index (χ4n) is 3.77. The van der Waals surface area contributed by atoms with E-state index in [9.17, 15) is 27.2 Å². The van der Waals surface area contributed by atoms with Gasteiger partial charge in [-0.1, -0.05) is 12.1 Å². The van der Waals surface area contributed by atoms with Gasteiger partial charge in [0.15, 0.2) is 6.17 Å². The number of carbonyl (C=O) groups is 2. The van der Waals surface area contributed by atoms with Gasteiger partial charge >= 0.3 is 6.36 Å². The number of nitrogens with two attached hydrogens (primary N) is 1. The second-order valence-electron chi connectivity index (χ2n) is 8.10. The van der Waals surface area contributed by atoms with E-state index in [-0.39, 0.29) is 43.3 Å². The van der Waals surface area contributed by atoms with Crippen molar-refractivity contribution >= 4 is 11.8 Å². The van der Waals surface area contributed by atoms with Crippen LogP contribution in [0.5, 0.6) is 11.6 Å². The van der Waals surface area contributed by atoms with E-state index in [4.69, 9.17) is 10.5 Å². The van der Waals surface area contributed by atoms with Crippen molar-refractivity contribution in [1.29, 1.82) is 0 Å². The second kappa shape index (κ2) is 10.2. The number of hydrogen-bond acceptors (Lipinski definition) is 6. The Kier molecular flexibility index (Phi) is 7.08. The van der Waals surface area contributed by atoms with Crippen molar-refractivity contribution in [3.8, 4) is 22.8 Å². The van der Waals surface area contributed by atoms with E-state index in [1.54, 1.807) is 6.20 Å². The Bertz CT molecular complexity index is 1220. The highest BCUT2D eigenvalue weighted by Crippen LogP contribution is 2.27. The van der Waals surface area contributed by atoms with Gasteiger partial charge in [-0.15, -0.1) is 13.2 Å². The van der Waals surface area contributed by atoms with Gasteiger partial charge in [-0.2, -0.15) is 5.10 Å². The summed E-state index contributed by atoms with van der Waals surface area (Å²) in [5.41, 5.74) is 7.14. The van der Waals surface area contributed by atoms with Crippen molar-refractivity contribution < 1.29 is 36.6 Å². The van der Waals surface area contributed by atoms with Crippen LogP contribution in [0.2, 0.25) is 0 Å². The number of hydrogen-bond donors (Lipinski definition) is 2. The van der Waals surface area contributed by atoms with Crippen LogP contribution in [0.4, 0.5) is 17.6 Å². The van der Waals surface area contributed by atoms with Gasteiger partial charge in [0.1, 0.15) is 17.4 Å². The van der Waals surface area contributed by atoms with E-state index in [2.05, 4.69) is 19.9 Å². The summed E-state index contributed by atoms with van der Waals surface area (Å²) in [6, 6.07) is 6.37. The first-order valence-corrected chi connectivity index (χ1v) is 10.8. The minimum atomic E-state index is -4.81. The van der Waals surface area contributed by atoms with E-state index < -0.39 is 30.3 Å². The van der Waals surface area contributed by atoms with Crippen LogP contribution in [0, 0.1) is 0 Å². The smallest absolute Gasteiger partial charge is 0.471 e. The van der Waals surface area contributed by atoms with E-state index in [0.717, 1.165) is 12.1 Å². The molecule has 0 radical (unpaired) electrons. The van der Waals surface area contributed by atoms with Crippen molar-refractivity contribution in [2.75, 3.05) is 13.1 Å². The molecule has 190 valence electrons. The third-order valence-electron chi connectivity index (χ3n) is 5.56. The maximum absolute atomic E-state index is 14.9. The summed E-state index contributed by atoms with van der Waals surface area (Å²) in [7, 11) is 0. The van der Waals surface area contributed by atoms with E-state index in [1.165, 1.54) is 35.5 Å². The number of likely N-dealkylation sites (tertiary alicyclic amines) is 1. The first-order valence-electron chi connectivity index (χ1n) is 10.8. The van der Waals surface area contributed by atoms with Gasteiger partial charge in [0.05, 0.1) is 19.2 Å². The van der Waals surface area contributed by atoms with Crippen LogP contribution < -0.4 is 15.2 Å². The van der Waals surface area contributed by atoms with Gasteiger partial charge < -0.3 is 20.1 Å². The van der Waals surface area contributed by atoms with Gasteiger partial charge in [0.2, 0.25) is 11.8 Å². The molecule has 13 heteroatoms. The molecular formula is C23H21F4N5O4. The number of aromatic amines is 1. The summed E-state index contributed by atoms with van der Waals surface area (Å²) >= 11 is 0. The summed E-state index contributed by atoms with van der Waals surface area (Å²) in [5, 5.41) is 6.48. The lowest BCUT2D eigenvalue weighted by Crippen LogP contribution is -2.49. The molecular weight excluding hydrogens is 486 g/mol. The topological polar surface area (TPSA) is 123 Å². The molecule has 1 aliphatic heterocycles. The van der Waals surface area contributed by atoms with Crippen LogP contribution in [-0.2, 0) is 11.2 Å². The number of H-pyrrole nitrogens is 1. The van der Waals surface area contributed by atoms with Crippen molar-refractivity contribution in [3.05, 3.63) is 60.0 Å². The second-order valence-corrected chi connectivity index (χ2v) is 8.10. The minimum Gasteiger partial charge on any atom is -0.471 e. The fraction of sp³-hybridized carbons (Fsp3) is 0.304. The van der Waals surface area contributed by atoms with Gasteiger partial charge in [-0.25, -0.2) is 9.37 Å². The number of pyridine rings is 1. The first kappa shape index (κ1) is 24.9. The third kappa shape index (κ3) is 6.09. The number of carbonyl (C=O) groups excluding carboxylic acids is 2. The number of alkyl halides is 4. The van der Waals surface area contributed by atoms with Crippen LogP contribution in [0.1, 0.15) is 22.3 Å². The lowest BCUT2D eigenvalue weighted by atomic mass is 10.0. The van der Waals surface area contributed by atoms with Gasteiger partial charge in [-0.3, -0.25) is 14.7 Å². The molecule has 0 bridgehead atoms. The number of piperidine rings is 1. The summed E-state index contributed by atoms with van der Waals surface area (Å²) in [6.45, 7) is -0.0734. The average molecular weight is 507 g/mol. The molecule has 9 nitrogen and oxygen atoms in total. The summed E-state index contributed by atoms with van der Waals surface area (Å²) in [4.78, 5) is 30.0. The molecule has 1 aliphatic rings. The largest absolute Gasteiger partial charge is 0.573 e. The highest BCUT2D eigenvalue weighted by atomic mass is 19.4. The summed E-state index contributed by atoms with van der Waals surface area (Å²) in [6.07, 6.45) is -2.73. The lowest BCUT2D eigenvalue weighted by Gasteiger charge is -2.34. The Hall–Kier alpha value is -4.16. The molecule has 0 spiro atoms. The molecule has 3 N–H and O–H groups in total. The van der Waals surface area contributed by atoms with Crippen LogP contribution in [-0.4, -0.2) is 63.6 Å². The molecule has 2 atom stereocenters. The molecule has 1 fully saturated rings. The van der Waals surface area contributed by atoms with E-state index in [0.29, 0.717) is 16.7 Å².